The van der Waals surface area contributed by atoms with Crippen molar-refractivity contribution in [2.24, 2.45) is 45.3 Å². The molecule has 4 aliphatic carbocycles. The van der Waals surface area contributed by atoms with E-state index in [1.54, 1.807) is 0 Å². The second-order valence-electron chi connectivity index (χ2n) is 13.2. The van der Waals surface area contributed by atoms with Crippen molar-refractivity contribution in [2.45, 2.75) is 66.2 Å². The summed E-state index contributed by atoms with van der Waals surface area (Å²) in [6, 6.07) is 8.14. The molecule has 0 aliphatic heterocycles. The summed E-state index contributed by atoms with van der Waals surface area (Å²) in [5, 5.41) is 12.3. The Labute approximate surface area is 229 Å². The average Bonchev–Trinajstić information content (AvgIpc) is 3.34. The third-order valence-electron chi connectivity index (χ3n) is 11.4. The predicted molar refractivity (Wildman–Crippen MR) is 142 cm³/mol. The van der Waals surface area contributed by atoms with Crippen molar-refractivity contribution >= 4 is 33.7 Å². The number of hydrogen-bond donors (Lipinski definition) is 2. The molecule has 4 aliphatic rings. The van der Waals surface area contributed by atoms with E-state index >= 15 is 0 Å². The number of fused-ring (bicyclic) bond motifs is 4. The Kier molecular flexibility index (Phi) is 6.97. The van der Waals surface area contributed by atoms with Crippen molar-refractivity contribution in [3.8, 4) is 0 Å². The van der Waals surface area contributed by atoms with E-state index < -0.39 is 32.1 Å². The van der Waals surface area contributed by atoms with E-state index in [0.717, 1.165) is 42.4 Å². The first-order chi connectivity index (χ1) is 17.7. The van der Waals surface area contributed by atoms with Crippen LogP contribution >= 0.6 is 12.0 Å². The standard InChI is InChI=1S/C28H38O8S2/c1-25(2)21-9-11-27(25,15-37-36-35-31)23(29)19(21)13-17-5-7-18(8-6-17)14-20-22-10-12-28(24(20)30,26(22,3)4)16-38(32,33)34/h5-8,19-22,31H,9-16H2,1-4H3,(H,32,33,34). The lowest BCUT2D eigenvalue weighted by molar-refractivity contribution is -0.432. The molecule has 0 amide bonds. The zero-order valence-electron chi connectivity index (χ0n) is 22.4. The maximum Gasteiger partial charge on any atom is 0.265 e. The van der Waals surface area contributed by atoms with Crippen LogP contribution in [0.2, 0.25) is 0 Å². The van der Waals surface area contributed by atoms with Gasteiger partial charge in [-0.05, 0) is 72.3 Å². The molecule has 4 bridgehead atoms. The average molecular weight is 567 g/mol. The lowest BCUT2D eigenvalue weighted by atomic mass is 9.70. The van der Waals surface area contributed by atoms with Gasteiger partial charge >= 0.3 is 0 Å². The van der Waals surface area contributed by atoms with Crippen LogP contribution in [0.1, 0.15) is 64.5 Å². The van der Waals surface area contributed by atoms with E-state index in [1.165, 1.54) is 0 Å². The van der Waals surface area contributed by atoms with Crippen LogP contribution in [0.3, 0.4) is 0 Å². The first-order valence-corrected chi connectivity index (χ1v) is 15.9. The highest BCUT2D eigenvalue weighted by Crippen LogP contribution is 2.68. The van der Waals surface area contributed by atoms with Crippen molar-refractivity contribution in [1.29, 1.82) is 0 Å². The molecule has 0 aromatic heterocycles. The molecule has 6 unspecified atom stereocenters. The van der Waals surface area contributed by atoms with Crippen LogP contribution in [-0.4, -0.2) is 41.3 Å². The van der Waals surface area contributed by atoms with Crippen molar-refractivity contribution in [2.75, 3.05) is 11.5 Å². The quantitative estimate of drug-likeness (QED) is 0.133. The van der Waals surface area contributed by atoms with E-state index in [9.17, 15) is 22.6 Å². The monoisotopic (exact) mass is 566 g/mol. The predicted octanol–water partition coefficient (Wildman–Crippen LogP) is 4.97. The first-order valence-electron chi connectivity index (χ1n) is 13.4. The van der Waals surface area contributed by atoms with E-state index in [-0.39, 0.29) is 40.7 Å². The molecule has 2 N–H and O–H groups in total. The third-order valence-corrected chi connectivity index (χ3v) is 13.0. The summed E-state index contributed by atoms with van der Waals surface area (Å²) in [5.41, 5.74) is -0.0804. The van der Waals surface area contributed by atoms with Crippen molar-refractivity contribution in [1.82, 2.24) is 0 Å². The first kappa shape index (κ1) is 28.2. The van der Waals surface area contributed by atoms with Gasteiger partial charge in [-0.3, -0.25) is 14.1 Å². The molecule has 38 heavy (non-hydrogen) atoms. The highest BCUT2D eigenvalue weighted by molar-refractivity contribution is 7.94. The summed E-state index contributed by atoms with van der Waals surface area (Å²) >= 11 is 0.972. The summed E-state index contributed by atoms with van der Waals surface area (Å²) in [4.78, 5) is 27.2. The summed E-state index contributed by atoms with van der Waals surface area (Å²) in [5.74, 6) is 0.194. The molecule has 210 valence electrons. The molecule has 10 heteroatoms. The van der Waals surface area contributed by atoms with Gasteiger partial charge in [0.2, 0.25) is 0 Å². The molecule has 5 rings (SSSR count). The molecule has 0 saturated heterocycles. The fourth-order valence-electron chi connectivity index (χ4n) is 9.15. The van der Waals surface area contributed by atoms with Gasteiger partial charge in [0.25, 0.3) is 10.1 Å². The molecule has 8 nitrogen and oxygen atoms in total. The molecule has 6 atom stereocenters. The van der Waals surface area contributed by atoms with Gasteiger partial charge in [0.05, 0.1) is 11.2 Å². The van der Waals surface area contributed by atoms with Crippen molar-refractivity contribution in [3.63, 3.8) is 0 Å². The minimum Gasteiger partial charge on any atom is -0.299 e. The molecule has 4 fully saturated rings. The van der Waals surface area contributed by atoms with Crippen LogP contribution in [0.4, 0.5) is 0 Å². The Bertz CT molecular complexity index is 1220. The Hall–Kier alpha value is -1.30. The Balaban J connectivity index is 1.29. The molecule has 1 aromatic rings. The number of hydrogen-bond acceptors (Lipinski definition) is 8. The summed E-state index contributed by atoms with van der Waals surface area (Å²) < 4.78 is 37.8. The lowest BCUT2D eigenvalue weighted by Crippen LogP contribution is -2.43. The SMILES string of the molecule is CC1(C)C2CCC1(CSOOO)C(=O)C2Cc1ccc(CC2C(=O)C3(CS(=O)(=O)O)CCC2C3(C)C)cc1. The molecular weight excluding hydrogens is 528 g/mol. The molecule has 0 radical (unpaired) electrons. The third kappa shape index (κ3) is 4.05. The molecule has 4 saturated carbocycles. The van der Waals surface area contributed by atoms with Gasteiger partial charge < -0.3 is 0 Å². The zero-order chi connectivity index (χ0) is 27.7. The van der Waals surface area contributed by atoms with Crippen molar-refractivity contribution < 1.29 is 37.2 Å². The number of benzene rings is 1. The number of carbonyl (C=O) groups is 2. The van der Waals surface area contributed by atoms with E-state index in [0.29, 0.717) is 25.0 Å². The fourth-order valence-corrected chi connectivity index (χ4v) is 11.4. The van der Waals surface area contributed by atoms with E-state index in [2.05, 4.69) is 23.2 Å². The smallest absolute Gasteiger partial charge is 0.265 e. The summed E-state index contributed by atoms with van der Waals surface area (Å²) in [6.07, 6.45) is 4.29. The minimum atomic E-state index is -4.27. The number of ketones is 2. The molecular formula is C28H38O8S2. The Morgan fingerprint density at radius 3 is 1.79 bits per heavy atom. The largest absolute Gasteiger partial charge is 0.299 e. The minimum absolute atomic E-state index is 0.0333. The summed E-state index contributed by atoms with van der Waals surface area (Å²) in [6.45, 7) is 8.26. The summed E-state index contributed by atoms with van der Waals surface area (Å²) in [7, 11) is -4.27. The fraction of sp³-hybridized carbons (Fsp3) is 0.714. The number of Topliss-reactive ketones (excluding diaryl/α,β-unsaturated/α-hetero) is 2. The van der Waals surface area contributed by atoms with Gasteiger partial charge in [-0.1, -0.05) is 57.0 Å². The Morgan fingerprint density at radius 2 is 1.32 bits per heavy atom. The van der Waals surface area contributed by atoms with Gasteiger partial charge in [-0.2, -0.15) is 8.42 Å². The van der Waals surface area contributed by atoms with E-state index in [4.69, 9.17) is 5.26 Å². The van der Waals surface area contributed by atoms with Gasteiger partial charge in [0.1, 0.15) is 11.6 Å². The van der Waals surface area contributed by atoms with Crippen LogP contribution in [0.25, 0.3) is 0 Å². The van der Waals surface area contributed by atoms with Gasteiger partial charge in [-0.25, -0.2) is 5.26 Å². The van der Waals surface area contributed by atoms with Gasteiger partial charge in [0, 0.05) is 35.0 Å². The lowest BCUT2D eigenvalue weighted by Gasteiger charge is -2.35. The van der Waals surface area contributed by atoms with Crippen LogP contribution in [-0.2, 0) is 41.9 Å². The highest BCUT2D eigenvalue weighted by Gasteiger charge is 2.70. The Morgan fingerprint density at radius 1 is 0.868 bits per heavy atom. The number of rotatable bonds is 10. The second kappa shape index (κ2) is 9.38. The normalized spacial score (nSPS) is 36.9. The second-order valence-corrected chi connectivity index (χ2v) is 15.3. The zero-order valence-corrected chi connectivity index (χ0v) is 24.1. The maximum absolute atomic E-state index is 13.6. The van der Waals surface area contributed by atoms with E-state index in [1.807, 2.05) is 38.1 Å². The molecule has 0 heterocycles. The molecule has 0 spiro atoms. The van der Waals surface area contributed by atoms with Crippen LogP contribution in [0.15, 0.2) is 24.3 Å². The van der Waals surface area contributed by atoms with Crippen LogP contribution < -0.4 is 0 Å². The van der Waals surface area contributed by atoms with Crippen LogP contribution in [0, 0.1) is 45.3 Å². The maximum atomic E-state index is 13.6. The van der Waals surface area contributed by atoms with Gasteiger partial charge in [0.15, 0.2) is 0 Å². The van der Waals surface area contributed by atoms with Gasteiger partial charge in [-0.15, -0.1) is 4.33 Å². The molecule has 1 aromatic carbocycles. The van der Waals surface area contributed by atoms with Crippen LogP contribution in [0.5, 0.6) is 0 Å². The van der Waals surface area contributed by atoms with Crippen molar-refractivity contribution in [3.05, 3.63) is 35.4 Å². The topological polar surface area (TPSA) is 127 Å². The number of carbonyl (C=O) groups excluding carboxylic acids is 2. The highest BCUT2D eigenvalue weighted by atomic mass is 32.2.